The average molecular weight is 382 g/mol. The number of halogens is 2. The van der Waals surface area contributed by atoms with Crippen molar-refractivity contribution in [2.45, 2.75) is 32.7 Å². The summed E-state index contributed by atoms with van der Waals surface area (Å²) >= 11 is 7.35. The number of carbonyl (C=O) groups excluding carboxylic acids is 1. The zero-order valence-corrected chi connectivity index (χ0v) is 15.7. The van der Waals surface area contributed by atoms with E-state index in [1.54, 1.807) is 6.07 Å². The summed E-state index contributed by atoms with van der Waals surface area (Å²) in [5.41, 5.74) is 1.17. The lowest BCUT2D eigenvalue weighted by Gasteiger charge is -2.29. The fraction of sp³-hybridized carbons (Fsp3) is 0.444. The van der Waals surface area contributed by atoms with Gasteiger partial charge in [0, 0.05) is 22.5 Å². The largest absolute Gasteiger partial charge is 0.302 e. The summed E-state index contributed by atoms with van der Waals surface area (Å²) in [5, 5.41) is 5.49. The third-order valence-electron chi connectivity index (χ3n) is 4.46. The summed E-state index contributed by atoms with van der Waals surface area (Å²) in [7, 11) is 0. The van der Waals surface area contributed by atoms with Gasteiger partial charge in [-0.2, -0.15) is 0 Å². The summed E-state index contributed by atoms with van der Waals surface area (Å²) in [6.45, 7) is 5.27. The molecule has 0 bridgehead atoms. The highest BCUT2D eigenvalue weighted by molar-refractivity contribution is 7.13. The maximum atomic E-state index is 13.8. The van der Waals surface area contributed by atoms with Crippen molar-refractivity contribution in [1.82, 2.24) is 9.88 Å². The molecule has 0 saturated carbocycles. The highest BCUT2D eigenvalue weighted by Gasteiger charge is 2.17. The number of thiazole rings is 1. The van der Waals surface area contributed by atoms with Gasteiger partial charge in [0.15, 0.2) is 5.13 Å². The molecule has 134 valence electrons. The summed E-state index contributed by atoms with van der Waals surface area (Å²) in [6.07, 6.45) is 2.33. The molecule has 0 spiro atoms. The lowest BCUT2D eigenvalue weighted by atomic mass is 9.99. The van der Waals surface area contributed by atoms with Crippen molar-refractivity contribution in [2.24, 2.45) is 5.92 Å². The van der Waals surface area contributed by atoms with Crippen LogP contribution in [0.1, 0.15) is 31.0 Å². The second-order valence-electron chi connectivity index (χ2n) is 6.53. The Labute approximate surface area is 156 Å². The molecule has 0 atom stereocenters. The van der Waals surface area contributed by atoms with Crippen molar-refractivity contribution in [2.75, 3.05) is 18.4 Å². The van der Waals surface area contributed by atoms with Crippen LogP contribution in [0.2, 0.25) is 5.02 Å². The second kappa shape index (κ2) is 8.25. The smallest absolute Gasteiger partial charge is 0.230 e. The van der Waals surface area contributed by atoms with Crippen LogP contribution in [0.4, 0.5) is 9.52 Å². The monoisotopic (exact) mass is 381 g/mol. The zero-order valence-electron chi connectivity index (χ0n) is 14.1. The molecule has 2 heterocycles. The van der Waals surface area contributed by atoms with Gasteiger partial charge in [0.25, 0.3) is 0 Å². The lowest BCUT2D eigenvalue weighted by molar-refractivity contribution is -0.115. The molecule has 25 heavy (non-hydrogen) atoms. The number of anilines is 1. The summed E-state index contributed by atoms with van der Waals surface area (Å²) < 4.78 is 13.8. The van der Waals surface area contributed by atoms with Crippen LogP contribution in [0.25, 0.3) is 0 Å². The van der Waals surface area contributed by atoms with E-state index >= 15 is 0 Å². The molecule has 0 radical (unpaired) electrons. The number of nitrogens with zero attached hydrogens (tertiary/aromatic N) is 2. The average Bonchev–Trinajstić information content (AvgIpc) is 3.00. The Hall–Kier alpha value is -1.50. The van der Waals surface area contributed by atoms with Crippen LogP contribution >= 0.6 is 22.9 Å². The Bertz CT molecular complexity index is 723. The van der Waals surface area contributed by atoms with Gasteiger partial charge in [0.1, 0.15) is 5.82 Å². The third-order valence-corrected chi connectivity index (χ3v) is 5.62. The van der Waals surface area contributed by atoms with Gasteiger partial charge < -0.3 is 5.32 Å². The number of carbonyl (C=O) groups is 1. The molecule has 0 aliphatic carbocycles. The van der Waals surface area contributed by atoms with E-state index in [4.69, 9.17) is 11.6 Å². The van der Waals surface area contributed by atoms with Crippen molar-refractivity contribution in [1.29, 1.82) is 0 Å². The quantitative estimate of drug-likeness (QED) is 0.837. The molecule has 1 aliphatic heterocycles. The van der Waals surface area contributed by atoms with Gasteiger partial charge in [-0.1, -0.05) is 24.6 Å². The van der Waals surface area contributed by atoms with Crippen molar-refractivity contribution in [3.8, 4) is 0 Å². The summed E-state index contributed by atoms with van der Waals surface area (Å²) in [4.78, 5) is 19.0. The van der Waals surface area contributed by atoms with E-state index in [-0.39, 0.29) is 22.9 Å². The molecule has 1 aromatic heterocycles. The van der Waals surface area contributed by atoms with Crippen LogP contribution in [-0.4, -0.2) is 28.9 Å². The number of hydrogen-bond donors (Lipinski definition) is 1. The van der Waals surface area contributed by atoms with Gasteiger partial charge in [-0.25, -0.2) is 9.37 Å². The molecule has 1 amide bonds. The number of benzene rings is 1. The molecule has 1 aromatic carbocycles. The molecule has 1 saturated heterocycles. The van der Waals surface area contributed by atoms with Crippen LogP contribution in [-0.2, 0) is 17.8 Å². The zero-order chi connectivity index (χ0) is 17.8. The predicted octanol–water partition coefficient (Wildman–Crippen LogP) is 4.35. The van der Waals surface area contributed by atoms with Crippen LogP contribution in [0.5, 0.6) is 0 Å². The Kier molecular flexibility index (Phi) is 6.04. The van der Waals surface area contributed by atoms with Crippen molar-refractivity contribution < 1.29 is 9.18 Å². The Morgan fingerprint density at radius 3 is 2.92 bits per heavy atom. The number of nitrogens with one attached hydrogen (secondary N) is 1. The maximum absolute atomic E-state index is 13.8. The molecule has 0 unspecified atom stereocenters. The number of amides is 1. The van der Waals surface area contributed by atoms with Crippen molar-refractivity contribution in [3.63, 3.8) is 0 Å². The van der Waals surface area contributed by atoms with E-state index in [1.165, 1.54) is 36.3 Å². The first-order valence-corrected chi connectivity index (χ1v) is 9.66. The van der Waals surface area contributed by atoms with Gasteiger partial charge in [-0.3, -0.25) is 9.69 Å². The van der Waals surface area contributed by atoms with E-state index in [0.29, 0.717) is 5.13 Å². The Morgan fingerprint density at radius 2 is 2.20 bits per heavy atom. The van der Waals surface area contributed by atoms with E-state index in [2.05, 4.69) is 22.1 Å². The maximum Gasteiger partial charge on any atom is 0.230 e. The molecule has 7 heteroatoms. The molecule has 1 aliphatic rings. The van der Waals surface area contributed by atoms with Crippen LogP contribution in [0.3, 0.4) is 0 Å². The highest BCUT2D eigenvalue weighted by Crippen LogP contribution is 2.22. The number of aromatic nitrogens is 1. The summed E-state index contributed by atoms with van der Waals surface area (Å²) in [5.74, 6) is 0.00763. The van der Waals surface area contributed by atoms with Crippen molar-refractivity contribution in [3.05, 3.63) is 45.7 Å². The van der Waals surface area contributed by atoms with Crippen LogP contribution in [0, 0.1) is 11.7 Å². The number of piperidine rings is 1. The molecule has 4 nitrogen and oxygen atoms in total. The van der Waals surface area contributed by atoms with Gasteiger partial charge in [-0.15, -0.1) is 11.3 Å². The minimum atomic E-state index is -0.471. The van der Waals surface area contributed by atoms with E-state index < -0.39 is 5.82 Å². The number of hydrogen-bond acceptors (Lipinski definition) is 4. The minimum Gasteiger partial charge on any atom is -0.302 e. The van der Waals surface area contributed by atoms with Crippen LogP contribution in [0.15, 0.2) is 23.6 Å². The van der Waals surface area contributed by atoms with Crippen LogP contribution < -0.4 is 5.32 Å². The molecule has 2 aromatic rings. The van der Waals surface area contributed by atoms with Gasteiger partial charge >= 0.3 is 0 Å². The Morgan fingerprint density at radius 1 is 1.44 bits per heavy atom. The molecule has 1 N–H and O–H groups in total. The standard InChI is InChI=1S/C18H21ClFN3OS/c1-12-5-7-23(8-6-12)10-13-11-25-18(21-13)22-17(24)9-14-15(19)3-2-4-16(14)20/h2-4,11-12H,5-10H2,1H3,(H,21,22,24). The minimum absolute atomic E-state index is 0.107. The first kappa shape index (κ1) is 18.3. The van der Waals surface area contributed by atoms with E-state index in [0.717, 1.165) is 31.2 Å². The van der Waals surface area contributed by atoms with Gasteiger partial charge in [-0.05, 0) is 44.0 Å². The normalized spacial score (nSPS) is 16.1. The lowest BCUT2D eigenvalue weighted by Crippen LogP contribution is -2.32. The first-order chi connectivity index (χ1) is 12.0. The second-order valence-corrected chi connectivity index (χ2v) is 7.79. The summed E-state index contributed by atoms with van der Waals surface area (Å²) in [6, 6.07) is 4.40. The predicted molar refractivity (Wildman–Crippen MR) is 99.5 cm³/mol. The fourth-order valence-electron chi connectivity index (χ4n) is 2.91. The third kappa shape index (κ3) is 5.00. The van der Waals surface area contributed by atoms with E-state index in [9.17, 15) is 9.18 Å². The highest BCUT2D eigenvalue weighted by atomic mass is 35.5. The molecular weight excluding hydrogens is 361 g/mol. The number of rotatable bonds is 5. The SMILES string of the molecule is CC1CCN(Cc2csc(NC(=O)Cc3c(F)cccc3Cl)n2)CC1. The van der Waals surface area contributed by atoms with Crippen molar-refractivity contribution >= 4 is 34.0 Å². The van der Waals surface area contributed by atoms with Gasteiger partial charge in [0.05, 0.1) is 12.1 Å². The molecule has 1 fully saturated rings. The topological polar surface area (TPSA) is 45.2 Å². The van der Waals surface area contributed by atoms with Gasteiger partial charge in [0.2, 0.25) is 5.91 Å². The van der Waals surface area contributed by atoms with E-state index in [1.807, 2.05) is 5.38 Å². The first-order valence-electron chi connectivity index (χ1n) is 8.41. The molecular formula is C18H21ClFN3OS. The number of likely N-dealkylation sites (tertiary alicyclic amines) is 1. The molecule has 3 rings (SSSR count). The fourth-order valence-corrected chi connectivity index (χ4v) is 3.86. The Balaban J connectivity index is 1.55.